The van der Waals surface area contributed by atoms with Crippen LogP contribution in [-0.2, 0) is 36.8 Å². The lowest BCUT2D eigenvalue weighted by molar-refractivity contribution is -0.142. The largest absolute Gasteiger partial charge is 0.481 e. The number of nitrogens with two attached hydrogens (primary N) is 1. The van der Waals surface area contributed by atoms with Gasteiger partial charge in [0.1, 0.15) is 18.1 Å². The molecule has 9 N–H and O–H groups in total. The lowest BCUT2D eigenvalue weighted by Crippen LogP contribution is -2.60. The number of rotatable bonds is 14. The fourth-order valence-corrected chi connectivity index (χ4v) is 4.26. The number of hydrogen-bond acceptors (Lipinski definition) is 7. The van der Waals surface area contributed by atoms with Crippen LogP contribution in [0.5, 0.6) is 0 Å². The number of carbonyl (C=O) groups excluding carboxylic acids is 3. The average Bonchev–Trinajstić information content (AvgIpc) is 3.33. The van der Waals surface area contributed by atoms with Crippen LogP contribution in [0, 0.1) is 0 Å². The summed E-state index contributed by atoms with van der Waals surface area (Å²) in [4.78, 5) is 65.0. The topological polar surface area (TPSA) is 224 Å². The number of aromatic nitrogens is 1. The number of amides is 3. The molecular weight excluding hydrogens is 534 g/mol. The van der Waals surface area contributed by atoms with Crippen molar-refractivity contribution in [2.24, 2.45) is 5.73 Å². The molecule has 5 atom stereocenters. The number of aliphatic hydroxyl groups is 1. The molecule has 218 valence electrons. The number of carboxylic acid groups (broad SMARTS) is 2. The molecule has 0 radical (unpaired) electrons. The molecule has 3 rings (SSSR count). The molecular formula is C28H33N5O8. The van der Waals surface area contributed by atoms with Crippen LogP contribution in [0.4, 0.5) is 0 Å². The molecule has 3 aromatic rings. The Labute approximate surface area is 235 Å². The highest BCUT2D eigenvalue weighted by atomic mass is 16.4. The first-order chi connectivity index (χ1) is 19.5. The Morgan fingerprint density at radius 2 is 1.46 bits per heavy atom. The van der Waals surface area contributed by atoms with Gasteiger partial charge in [0, 0.05) is 29.9 Å². The number of aromatic amines is 1. The normalized spacial score (nSPS) is 14.7. The number of carboxylic acids is 2. The van der Waals surface area contributed by atoms with E-state index in [4.69, 9.17) is 10.8 Å². The Hall–Kier alpha value is -4.75. The Bertz CT molecular complexity index is 1390. The van der Waals surface area contributed by atoms with Crippen LogP contribution in [0.15, 0.2) is 60.8 Å². The van der Waals surface area contributed by atoms with E-state index in [1.807, 2.05) is 18.2 Å². The highest BCUT2D eigenvalue weighted by Gasteiger charge is 2.33. The zero-order chi connectivity index (χ0) is 30.1. The average molecular weight is 568 g/mol. The van der Waals surface area contributed by atoms with Crippen LogP contribution in [0.25, 0.3) is 10.9 Å². The molecule has 0 bridgehead atoms. The van der Waals surface area contributed by atoms with Gasteiger partial charge in [0.15, 0.2) is 0 Å². The summed E-state index contributed by atoms with van der Waals surface area (Å²) in [5.74, 6) is -5.35. The van der Waals surface area contributed by atoms with E-state index in [-0.39, 0.29) is 12.8 Å². The highest BCUT2D eigenvalue weighted by Crippen LogP contribution is 2.19. The monoisotopic (exact) mass is 567 g/mol. The predicted molar refractivity (Wildman–Crippen MR) is 147 cm³/mol. The van der Waals surface area contributed by atoms with Gasteiger partial charge < -0.3 is 42.0 Å². The summed E-state index contributed by atoms with van der Waals surface area (Å²) in [5, 5.41) is 36.9. The molecule has 3 amide bonds. The first-order valence-corrected chi connectivity index (χ1v) is 12.8. The number of H-pyrrole nitrogens is 1. The summed E-state index contributed by atoms with van der Waals surface area (Å²) >= 11 is 0. The van der Waals surface area contributed by atoms with Crippen LogP contribution in [0.3, 0.4) is 0 Å². The minimum Gasteiger partial charge on any atom is -0.481 e. The Kier molecular flexibility index (Phi) is 10.6. The first kappa shape index (κ1) is 30.8. The summed E-state index contributed by atoms with van der Waals surface area (Å²) in [5.41, 5.74) is 7.68. The summed E-state index contributed by atoms with van der Waals surface area (Å²) in [6.45, 7) is 1.22. The second kappa shape index (κ2) is 14.1. The fourth-order valence-electron chi connectivity index (χ4n) is 4.26. The van der Waals surface area contributed by atoms with Crippen molar-refractivity contribution in [1.82, 2.24) is 20.9 Å². The van der Waals surface area contributed by atoms with E-state index in [1.165, 1.54) is 6.92 Å². The number of para-hydroxylation sites is 1. The number of aliphatic carboxylic acids is 2. The smallest absolute Gasteiger partial charge is 0.326 e. The van der Waals surface area contributed by atoms with Crippen molar-refractivity contribution >= 4 is 40.6 Å². The van der Waals surface area contributed by atoms with Gasteiger partial charge in [-0.2, -0.15) is 0 Å². The standard InChI is InChI=1S/C28H33N5O8/c1-15(34)24(33-25(37)19(29)13-23(35)36)27(39)31-21(12-17-14-30-20-10-6-5-9-18(17)20)26(38)32-22(28(40)41)11-16-7-3-2-4-8-16/h2-10,14-15,19,21-22,24,30,34H,11-13,29H2,1H3,(H,31,39)(H,32,38)(H,33,37)(H,35,36)(H,40,41). The molecule has 0 saturated carbocycles. The Morgan fingerprint density at radius 1 is 0.829 bits per heavy atom. The summed E-state index contributed by atoms with van der Waals surface area (Å²) in [6, 6.07) is 10.3. The molecule has 2 aromatic carbocycles. The molecule has 13 nitrogen and oxygen atoms in total. The van der Waals surface area contributed by atoms with Crippen molar-refractivity contribution in [3.05, 3.63) is 71.9 Å². The van der Waals surface area contributed by atoms with E-state index in [1.54, 1.807) is 42.6 Å². The van der Waals surface area contributed by atoms with Crippen LogP contribution in [0.2, 0.25) is 0 Å². The van der Waals surface area contributed by atoms with Crippen molar-refractivity contribution in [3.63, 3.8) is 0 Å². The van der Waals surface area contributed by atoms with Gasteiger partial charge in [0.05, 0.1) is 18.6 Å². The molecule has 0 fully saturated rings. The molecule has 5 unspecified atom stereocenters. The lowest BCUT2D eigenvalue weighted by atomic mass is 10.0. The van der Waals surface area contributed by atoms with E-state index >= 15 is 0 Å². The van der Waals surface area contributed by atoms with Crippen LogP contribution in [-0.4, -0.2) is 80.2 Å². The zero-order valence-electron chi connectivity index (χ0n) is 22.2. The number of nitrogens with one attached hydrogen (secondary N) is 4. The quantitative estimate of drug-likeness (QED) is 0.128. The maximum Gasteiger partial charge on any atom is 0.326 e. The van der Waals surface area contributed by atoms with Crippen LogP contribution in [0.1, 0.15) is 24.5 Å². The number of hydrogen-bond donors (Lipinski definition) is 8. The van der Waals surface area contributed by atoms with Gasteiger partial charge in [0.25, 0.3) is 0 Å². The fraction of sp³-hybridized carbons (Fsp3) is 0.321. The van der Waals surface area contributed by atoms with Crippen molar-refractivity contribution < 1.29 is 39.3 Å². The molecule has 0 aliphatic heterocycles. The van der Waals surface area contributed by atoms with Crippen molar-refractivity contribution in [3.8, 4) is 0 Å². The van der Waals surface area contributed by atoms with Gasteiger partial charge in [-0.25, -0.2) is 4.79 Å². The number of benzene rings is 2. The summed E-state index contributed by atoms with van der Waals surface area (Å²) in [7, 11) is 0. The minimum absolute atomic E-state index is 0.0104. The molecule has 0 aliphatic rings. The molecule has 0 aliphatic carbocycles. The third-order valence-electron chi connectivity index (χ3n) is 6.42. The Balaban J connectivity index is 1.85. The maximum absolute atomic E-state index is 13.5. The van der Waals surface area contributed by atoms with E-state index in [9.17, 15) is 34.2 Å². The van der Waals surface area contributed by atoms with E-state index in [0.717, 1.165) is 10.9 Å². The number of aliphatic hydroxyl groups excluding tert-OH is 1. The van der Waals surface area contributed by atoms with Gasteiger partial charge in [-0.15, -0.1) is 0 Å². The minimum atomic E-state index is -1.58. The van der Waals surface area contributed by atoms with Gasteiger partial charge in [-0.05, 0) is 24.1 Å². The van der Waals surface area contributed by atoms with Crippen molar-refractivity contribution in [2.45, 2.75) is 56.5 Å². The SMILES string of the molecule is CC(O)C(NC(=O)C(N)CC(=O)O)C(=O)NC(Cc1c[nH]c2ccccc12)C(=O)NC(Cc1ccccc1)C(=O)O. The first-order valence-electron chi connectivity index (χ1n) is 12.8. The van der Waals surface area contributed by atoms with Crippen LogP contribution < -0.4 is 21.7 Å². The maximum atomic E-state index is 13.5. The third-order valence-corrected chi connectivity index (χ3v) is 6.42. The van der Waals surface area contributed by atoms with Gasteiger partial charge in [-0.3, -0.25) is 19.2 Å². The lowest BCUT2D eigenvalue weighted by Gasteiger charge is -2.26. The highest BCUT2D eigenvalue weighted by molar-refractivity contribution is 5.95. The summed E-state index contributed by atoms with van der Waals surface area (Å²) < 4.78 is 0. The summed E-state index contributed by atoms with van der Waals surface area (Å²) in [6.07, 6.45) is -0.558. The van der Waals surface area contributed by atoms with E-state index < -0.39 is 66.4 Å². The molecule has 1 heterocycles. The van der Waals surface area contributed by atoms with Gasteiger partial charge >= 0.3 is 11.9 Å². The molecule has 0 spiro atoms. The van der Waals surface area contributed by atoms with E-state index in [2.05, 4.69) is 20.9 Å². The van der Waals surface area contributed by atoms with Gasteiger partial charge in [0.2, 0.25) is 17.7 Å². The van der Waals surface area contributed by atoms with Crippen LogP contribution >= 0.6 is 0 Å². The molecule has 13 heteroatoms. The van der Waals surface area contributed by atoms with Gasteiger partial charge in [-0.1, -0.05) is 48.5 Å². The Morgan fingerprint density at radius 3 is 2.10 bits per heavy atom. The molecule has 1 aromatic heterocycles. The predicted octanol–water partition coefficient (Wildman–Crippen LogP) is -0.325. The number of carbonyl (C=O) groups is 5. The number of fused-ring (bicyclic) bond motifs is 1. The molecule has 41 heavy (non-hydrogen) atoms. The molecule has 0 saturated heterocycles. The van der Waals surface area contributed by atoms with Crippen molar-refractivity contribution in [2.75, 3.05) is 0 Å². The second-order valence-electron chi connectivity index (χ2n) is 9.65. The zero-order valence-corrected chi connectivity index (χ0v) is 22.2. The van der Waals surface area contributed by atoms with Crippen molar-refractivity contribution in [1.29, 1.82) is 0 Å². The second-order valence-corrected chi connectivity index (χ2v) is 9.65. The van der Waals surface area contributed by atoms with E-state index in [0.29, 0.717) is 11.1 Å². The third kappa shape index (κ3) is 8.62.